The highest BCUT2D eigenvalue weighted by molar-refractivity contribution is 5.76. The highest BCUT2D eigenvalue weighted by Gasteiger charge is 2.22. The van der Waals surface area contributed by atoms with E-state index in [4.69, 9.17) is 5.73 Å². The second-order valence-electron chi connectivity index (χ2n) is 4.43. The van der Waals surface area contributed by atoms with E-state index in [1.807, 2.05) is 30.3 Å². The molecule has 1 fully saturated rings. The van der Waals surface area contributed by atoms with Crippen molar-refractivity contribution in [2.75, 3.05) is 5.73 Å². The van der Waals surface area contributed by atoms with Gasteiger partial charge in [-0.15, -0.1) is 0 Å². The van der Waals surface area contributed by atoms with Crippen LogP contribution in [0.25, 0.3) is 6.08 Å². The van der Waals surface area contributed by atoms with Gasteiger partial charge in [0.15, 0.2) is 0 Å². The first-order valence-electron chi connectivity index (χ1n) is 5.73. The van der Waals surface area contributed by atoms with Gasteiger partial charge in [-0.25, -0.2) is 5.43 Å². The minimum Gasteiger partial charge on any atom is -0.399 e. The number of rotatable bonds is 2. The fraction of sp³-hybridized carbons (Fsp3) is 0.308. The van der Waals surface area contributed by atoms with Crippen molar-refractivity contribution in [1.82, 2.24) is 10.9 Å². The minimum absolute atomic E-state index is 0.0473. The van der Waals surface area contributed by atoms with Gasteiger partial charge in [0, 0.05) is 18.2 Å². The van der Waals surface area contributed by atoms with Crippen molar-refractivity contribution in [3.8, 4) is 0 Å². The number of amides is 1. The molecule has 1 heterocycles. The average molecular weight is 231 g/mol. The standard InChI is InChI=1S/C13H17N3O/c1-9-7-13(17)16-15-12(9)6-5-10-3-2-4-11(14)8-10/h2-6,8-9,12,15H,7,14H2,1H3,(H,16,17)/b6-5+. The van der Waals surface area contributed by atoms with Gasteiger partial charge in [-0.1, -0.05) is 31.2 Å². The molecule has 4 N–H and O–H groups in total. The first kappa shape index (κ1) is 11.7. The predicted molar refractivity (Wildman–Crippen MR) is 68.7 cm³/mol. The van der Waals surface area contributed by atoms with Crippen molar-refractivity contribution in [2.24, 2.45) is 5.92 Å². The van der Waals surface area contributed by atoms with Gasteiger partial charge in [-0.2, -0.15) is 0 Å². The van der Waals surface area contributed by atoms with Gasteiger partial charge in [-0.05, 0) is 23.6 Å². The molecule has 0 bridgehead atoms. The van der Waals surface area contributed by atoms with Crippen LogP contribution in [0.15, 0.2) is 30.3 Å². The lowest BCUT2D eigenvalue weighted by atomic mass is 9.96. The van der Waals surface area contributed by atoms with Crippen LogP contribution in [0, 0.1) is 5.92 Å². The predicted octanol–water partition coefficient (Wildman–Crippen LogP) is 1.31. The molecule has 0 aliphatic carbocycles. The molecule has 4 heteroatoms. The summed E-state index contributed by atoms with van der Waals surface area (Å²) in [5.74, 6) is 0.340. The zero-order valence-electron chi connectivity index (χ0n) is 9.81. The fourth-order valence-corrected chi connectivity index (χ4v) is 1.89. The van der Waals surface area contributed by atoms with Gasteiger partial charge in [0.05, 0.1) is 0 Å². The Kier molecular flexibility index (Phi) is 3.44. The molecular formula is C13H17N3O. The van der Waals surface area contributed by atoms with E-state index in [-0.39, 0.29) is 11.9 Å². The molecule has 2 atom stereocenters. The van der Waals surface area contributed by atoms with Crippen LogP contribution in [-0.2, 0) is 4.79 Å². The maximum atomic E-state index is 11.1. The van der Waals surface area contributed by atoms with Crippen LogP contribution in [0.3, 0.4) is 0 Å². The van der Waals surface area contributed by atoms with Crippen molar-refractivity contribution in [2.45, 2.75) is 19.4 Å². The number of nitrogen functional groups attached to an aromatic ring is 1. The van der Waals surface area contributed by atoms with Crippen LogP contribution >= 0.6 is 0 Å². The normalized spacial score (nSPS) is 24.9. The van der Waals surface area contributed by atoms with Crippen LogP contribution in [0.2, 0.25) is 0 Å². The van der Waals surface area contributed by atoms with E-state index >= 15 is 0 Å². The molecule has 17 heavy (non-hydrogen) atoms. The molecule has 1 aromatic rings. The van der Waals surface area contributed by atoms with Gasteiger partial charge >= 0.3 is 0 Å². The molecule has 0 saturated carbocycles. The molecule has 1 aromatic carbocycles. The number of nitrogens with one attached hydrogen (secondary N) is 2. The monoisotopic (exact) mass is 231 g/mol. The van der Waals surface area contributed by atoms with Crippen LogP contribution < -0.4 is 16.6 Å². The number of carbonyl (C=O) groups excluding carboxylic acids is 1. The number of anilines is 1. The molecule has 0 spiro atoms. The summed E-state index contributed by atoms with van der Waals surface area (Å²) in [5, 5.41) is 0. The first-order chi connectivity index (χ1) is 8.15. The molecule has 4 nitrogen and oxygen atoms in total. The second kappa shape index (κ2) is 5.01. The van der Waals surface area contributed by atoms with Gasteiger partial charge in [0.25, 0.3) is 0 Å². The quantitative estimate of drug-likeness (QED) is 0.672. The maximum absolute atomic E-state index is 11.1. The summed E-state index contributed by atoms with van der Waals surface area (Å²) in [7, 11) is 0. The zero-order valence-corrected chi connectivity index (χ0v) is 9.81. The minimum atomic E-state index is 0.0473. The van der Waals surface area contributed by atoms with E-state index < -0.39 is 0 Å². The van der Waals surface area contributed by atoms with E-state index in [9.17, 15) is 4.79 Å². The molecule has 1 aliphatic rings. The SMILES string of the molecule is CC1CC(=O)NNC1/C=C/c1cccc(N)c1. The third kappa shape index (κ3) is 3.07. The Labute approximate surface area is 101 Å². The molecule has 1 aliphatic heterocycles. The number of nitrogens with two attached hydrogens (primary N) is 1. The van der Waals surface area contributed by atoms with Crippen molar-refractivity contribution < 1.29 is 4.79 Å². The van der Waals surface area contributed by atoms with Crippen molar-refractivity contribution in [3.63, 3.8) is 0 Å². The lowest BCUT2D eigenvalue weighted by Crippen LogP contribution is -2.52. The average Bonchev–Trinajstić information content (AvgIpc) is 2.28. The Hall–Kier alpha value is -1.81. The summed E-state index contributed by atoms with van der Waals surface area (Å²) in [4.78, 5) is 11.1. The van der Waals surface area contributed by atoms with Gasteiger partial charge in [0.2, 0.25) is 5.91 Å². The summed E-state index contributed by atoms with van der Waals surface area (Å²) >= 11 is 0. The van der Waals surface area contributed by atoms with E-state index in [1.165, 1.54) is 0 Å². The summed E-state index contributed by atoms with van der Waals surface area (Å²) in [5.41, 5.74) is 13.2. The molecule has 0 aromatic heterocycles. The molecule has 1 saturated heterocycles. The van der Waals surface area contributed by atoms with Crippen molar-refractivity contribution in [1.29, 1.82) is 0 Å². The highest BCUT2D eigenvalue weighted by Crippen LogP contribution is 2.15. The zero-order chi connectivity index (χ0) is 12.3. The lowest BCUT2D eigenvalue weighted by molar-refractivity contribution is -0.125. The Morgan fingerprint density at radius 2 is 2.29 bits per heavy atom. The number of hydrazine groups is 1. The maximum Gasteiger partial charge on any atom is 0.234 e. The largest absolute Gasteiger partial charge is 0.399 e. The summed E-state index contributed by atoms with van der Waals surface area (Å²) in [6.45, 7) is 2.06. The molecule has 0 radical (unpaired) electrons. The van der Waals surface area contributed by atoms with E-state index in [2.05, 4.69) is 23.9 Å². The van der Waals surface area contributed by atoms with E-state index in [0.29, 0.717) is 12.3 Å². The van der Waals surface area contributed by atoms with Crippen LogP contribution in [0.4, 0.5) is 5.69 Å². The topological polar surface area (TPSA) is 67.2 Å². The molecule has 2 unspecified atom stereocenters. The molecular weight excluding hydrogens is 214 g/mol. The number of carbonyl (C=O) groups is 1. The Morgan fingerprint density at radius 1 is 1.47 bits per heavy atom. The molecule has 1 amide bonds. The fourth-order valence-electron chi connectivity index (χ4n) is 1.89. The van der Waals surface area contributed by atoms with Gasteiger partial charge in [0.1, 0.15) is 0 Å². The smallest absolute Gasteiger partial charge is 0.234 e. The highest BCUT2D eigenvalue weighted by atomic mass is 16.2. The molecule has 90 valence electrons. The van der Waals surface area contributed by atoms with Crippen molar-refractivity contribution in [3.05, 3.63) is 35.9 Å². The van der Waals surface area contributed by atoms with E-state index in [0.717, 1.165) is 11.3 Å². The van der Waals surface area contributed by atoms with Gasteiger partial charge < -0.3 is 5.73 Å². The van der Waals surface area contributed by atoms with Gasteiger partial charge in [-0.3, -0.25) is 10.2 Å². The third-order valence-electron chi connectivity index (χ3n) is 2.91. The number of hydrogen-bond donors (Lipinski definition) is 3. The summed E-state index contributed by atoms with van der Waals surface area (Å²) in [6.07, 6.45) is 4.62. The summed E-state index contributed by atoms with van der Waals surface area (Å²) < 4.78 is 0. The Bertz CT molecular complexity index is 442. The Balaban J connectivity index is 2.03. The molecule has 2 rings (SSSR count). The van der Waals surface area contributed by atoms with Crippen LogP contribution in [-0.4, -0.2) is 11.9 Å². The number of hydrogen-bond acceptors (Lipinski definition) is 3. The number of benzene rings is 1. The third-order valence-corrected chi connectivity index (χ3v) is 2.91. The van der Waals surface area contributed by atoms with Crippen LogP contribution in [0.5, 0.6) is 0 Å². The lowest BCUT2D eigenvalue weighted by Gasteiger charge is -2.27. The van der Waals surface area contributed by atoms with Crippen molar-refractivity contribution >= 4 is 17.7 Å². The second-order valence-corrected chi connectivity index (χ2v) is 4.43. The van der Waals surface area contributed by atoms with Crippen LogP contribution in [0.1, 0.15) is 18.9 Å². The Morgan fingerprint density at radius 3 is 3.00 bits per heavy atom. The summed E-state index contributed by atoms with van der Waals surface area (Å²) in [6, 6.07) is 7.86. The van der Waals surface area contributed by atoms with E-state index in [1.54, 1.807) is 0 Å². The first-order valence-corrected chi connectivity index (χ1v) is 5.73.